The Morgan fingerprint density at radius 2 is 1.79 bits per heavy atom. The van der Waals surface area contributed by atoms with Crippen LogP contribution < -0.4 is 5.32 Å². The number of hydrogen-bond donors (Lipinski definition) is 1. The quantitative estimate of drug-likeness (QED) is 0.594. The number of benzene rings is 2. The third kappa shape index (κ3) is 3.87. The third-order valence-corrected chi connectivity index (χ3v) is 5.25. The molecule has 1 N–H and O–H groups in total. The number of hydrogen-bond acceptors (Lipinski definition) is 2. The highest BCUT2D eigenvalue weighted by atomic mass is 35.5. The molecule has 0 spiro atoms. The van der Waals surface area contributed by atoms with Crippen LogP contribution in [0.25, 0.3) is 5.69 Å². The summed E-state index contributed by atoms with van der Waals surface area (Å²) in [5.41, 5.74) is 1.19. The Morgan fingerprint density at radius 3 is 2.52 bits per heavy atom. The molecule has 0 bridgehead atoms. The molecule has 1 aliphatic carbocycles. The number of halogens is 4. The Balaban J connectivity index is 1.72. The lowest BCUT2D eigenvalue weighted by molar-refractivity contribution is -0.143. The van der Waals surface area contributed by atoms with Crippen LogP contribution >= 0.6 is 11.6 Å². The maximum absolute atomic E-state index is 13.8. The predicted octanol–water partition coefficient (Wildman–Crippen LogP) is 5.68. The van der Waals surface area contributed by atoms with E-state index in [1.807, 2.05) is 12.1 Å². The van der Waals surface area contributed by atoms with Crippen molar-refractivity contribution in [1.29, 1.82) is 0 Å². The molecule has 1 aromatic heterocycles. The second-order valence-electron chi connectivity index (χ2n) is 6.90. The van der Waals surface area contributed by atoms with Gasteiger partial charge in [0.15, 0.2) is 5.69 Å². The first-order valence-electron chi connectivity index (χ1n) is 9.18. The standard InChI is InChI=1S/C21H17ClF3N3O/c22-14-8-10-15(11-9-14)28-19(21(23,24)25)17(12-26-28)20(29)27-18-7-3-5-13-4-1-2-6-16(13)18/h3,5,7-12H,1-2,4,6H2,(H,27,29). The topological polar surface area (TPSA) is 46.9 Å². The minimum Gasteiger partial charge on any atom is -0.322 e. The molecule has 2 aromatic carbocycles. The Morgan fingerprint density at radius 1 is 1.07 bits per heavy atom. The molecule has 150 valence electrons. The van der Waals surface area contributed by atoms with Gasteiger partial charge in [-0.05, 0) is 67.1 Å². The van der Waals surface area contributed by atoms with Crippen molar-refractivity contribution in [2.45, 2.75) is 31.9 Å². The summed E-state index contributed by atoms with van der Waals surface area (Å²) >= 11 is 5.82. The van der Waals surface area contributed by atoms with Crippen LogP contribution in [0.1, 0.15) is 40.0 Å². The Labute approximate surface area is 170 Å². The average molecular weight is 420 g/mol. The lowest BCUT2D eigenvalue weighted by Crippen LogP contribution is -2.21. The maximum Gasteiger partial charge on any atom is 0.434 e. The van der Waals surface area contributed by atoms with Crippen LogP contribution in [-0.2, 0) is 19.0 Å². The molecule has 0 saturated carbocycles. The molecule has 3 aromatic rings. The number of alkyl halides is 3. The number of carbonyl (C=O) groups is 1. The number of nitrogens with zero attached hydrogens (tertiary/aromatic N) is 2. The lowest BCUT2D eigenvalue weighted by Gasteiger charge is -2.20. The summed E-state index contributed by atoms with van der Waals surface area (Å²) in [5.74, 6) is -0.837. The fraction of sp³-hybridized carbons (Fsp3) is 0.238. The Bertz CT molecular complexity index is 1060. The largest absolute Gasteiger partial charge is 0.434 e. The van der Waals surface area contributed by atoms with E-state index in [1.165, 1.54) is 24.3 Å². The van der Waals surface area contributed by atoms with E-state index in [2.05, 4.69) is 10.4 Å². The van der Waals surface area contributed by atoms with E-state index >= 15 is 0 Å². The van der Waals surface area contributed by atoms with Crippen LogP contribution in [-0.4, -0.2) is 15.7 Å². The molecule has 8 heteroatoms. The number of carbonyl (C=O) groups excluding carboxylic acids is 1. The van der Waals surface area contributed by atoms with Crippen LogP contribution in [0.5, 0.6) is 0 Å². The zero-order valence-corrected chi connectivity index (χ0v) is 16.0. The molecule has 0 saturated heterocycles. The number of fused-ring (bicyclic) bond motifs is 1. The number of anilines is 1. The smallest absolute Gasteiger partial charge is 0.322 e. The van der Waals surface area contributed by atoms with E-state index < -0.39 is 23.3 Å². The molecule has 29 heavy (non-hydrogen) atoms. The van der Waals surface area contributed by atoms with Gasteiger partial charge in [-0.25, -0.2) is 4.68 Å². The molecule has 1 heterocycles. The Hall–Kier alpha value is -2.80. The van der Waals surface area contributed by atoms with Crippen molar-refractivity contribution >= 4 is 23.2 Å². The van der Waals surface area contributed by atoms with Gasteiger partial charge in [0.05, 0.1) is 17.4 Å². The summed E-state index contributed by atoms with van der Waals surface area (Å²) in [4.78, 5) is 12.8. The molecular weight excluding hydrogens is 403 g/mol. The van der Waals surface area contributed by atoms with E-state index in [-0.39, 0.29) is 5.69 Å². The minimum absolute atomic E-state index is 0.165. The summed E-state index contributed by atoms with van der Waals surface area (Å²) in [6.07, 6.45) is -0.0664. The summed E-state index contributed by atoms with van der Waals surface area (Å²) in [6.45, 7) is 0. The van der Waals surface area contributed by atoms with Gasteiger partial charge in [-0.15, -0.1) is 0 Å². The summed E-state index contributed by atoms with van der Waals surface area (Å²) in [5, 5.41) is 6.87. The van der Waals surface area contributed by atoms with Gasteiger partial charge in [-0.2, -0.15) is 18.3 Å². The number of nitrogens with one attached hydrogen (secondary N) is 1. The van der Waals surface area contributed by atoms with Gasteiger partial charge in [-0.1, -0.05) is 23.7 Å². The van der Waals surface area contributed by atoms with Crippen molar-refractivity contribution in [1.82, 2.24) is 9.78 Å². The number of aromatic nitrogens is 2. The van der Waals surface area contributed by atoms with Crippen LogP contribution in [0.4, 0.5) is 18.9 Å². The van der Waals surface area contributed by atoms with E-state index in [1.54, 1.807) is 6.07 Å². The number of amides is 1. The van der Waals surface area contributed by atoms with E-state index in [4.69, 9.17) is 11.6 Å². The molecule has 4 rings (SSSR count). The highest BCUT2D eigenvalue weighted by molar-refractivity contribution is 6.30. The monoisotopic (exact) mass is 419 g/mol. The highest BCUT2D eigenvalue weighted by Crippen LogP contribution is 2.35. The Kier molecular flexibility index (Phi) is 5.08. The molecular formula is C21H17ClF3N3O. The molecule has 0 radical (unpaired) electrons. The van der Waals surface area contributed by atoms with Crippen LogP contribution in [0.15, 0.2) is 48.7 Å². The van der Waals surface area contributed by atoms with Crippen LogP contribution in [0, 0.1) is 0 Å². The van der Waals surface area contributed by atoms with Crippen LogP contribution in [0.2, 0.25) is 5.02 Å². The fourth-order valence-electron chi connectivity index (χ4n) is 3.65. The van der Waals surface area contributed by atoms with Gasteiger partial charge in [-0.3, -0.25) is 4.79 Å². The first-order chi connectivity index (χ1) is 13.8. The van der Waals surface area contributed by atoms with Gasteiger partial charge < -0.3 is 5.32 Å². The molecule has 0 unspecified atom stereocenters. The van der Waals surface area contributed by atoms with Crippen molar-refractivity contribution in [2.75, 3.05) is 5.32 Å². The number of aryl methyl sites for hydroxylation is 1. The first-order valence-corrected chi connectivity index (χ1v) is 9.55. The first kappa shape index (κ1) is 19.5. The van der Waals surface area contributed by atoms with Gasteiger partial charge in [0.2, 0.25) is 0 Å². The van der Waals surface area contributed by atoms with Crippen molar-refractivity contribution in [3.05, 3.63) is 76.1 Å². The molecule has 1 aliphatic rings. The molecule has 1 amide bonds. The minimum atomic E-state index is -4.76. The van der Waals surface area contributed by atoms with Crippen molar-refractivity contribution in [3.63, 3.8) is 0 Å². The average Bonchev–Trinajstić information content (AvgIpc) is 3.15. The van der Waals surface area contributed by atoms with Gasteiger partial charge >= 0.3 is 6.18 Å². The predicted molar refractivity (Wildman–Crippen MR) is 105 cm³/mol. The van der Waals surface area contributed by atoms with Gasteiger partial charge in [0.25, 0.3) is 5.91 Å². The fourth-order valence-corrected chi connectivity index (χ4v) is 3.78. The summed E-state index contributed by atoms with van der Waals surface area (Å²) < 4.78 is 42.2. The zero-order valence-electron chi connectivity index (χ0n) is 15.3. The second-order valence-corrected chi connectivity index (χ2v) is 7.33. The highest BCUT2D eigenvalue weighted by Gasteiger charge is 2.40. The zero-order chi connectivity index (χ0) is 20.6. The van der Waals surface area contributed by atoms with E-state index in [0.717, 1.165) is 43.0 Å². The molecule has 0 aliphatic heterocycles. The van der Waals surface area contributed by atoms with Crippen molar-refractivity contribution in [3.8, 4) is 5.69 Å². The molecule has 0 atom stereocenters. The SMILES string of the molecule is O=C(Nc1cccc2c1CCCC2)c1cnn(-c2ccc(Cl)cc2)c1C(F)(F)F. The van der Waals surface area contributed by atoms with Gasteiger partial charge in [0, 0.05) is 10.7 Å². The number of rotatable bonds is 3. The van der Waals surface area contributed by atoms with E-state index in [0.29, 0.717) is 15.4 Å². The lowest BCUT2D eigenvalue weighted by atomic mass is 9.90. The van der Waals surface area contributed by atoms with Crippen LogP contribution in [0.3, 0.4) is 0 Å². The normalized spacial score (nSPS) is 13.8. The second kappa shape index (κ2) is 7.55. The molecule has 4 nitrogen and oxygen atoms in total. The summed E-state index contributed by atoms with van der Waals surface area (Å²) in [6, 6.07) is 11.3. The summed E-state index contributed by atoms with van der Waals surface area (Å²) in [7, 11) is 0. The van der Waals surface area contributed by atoms with Crippen molar-refractivity contribution in [2.24, 2.45) is 0 Å². The third-order valence-electron chi connectivity index (χ3n) is 5.00. The van der Waals surface area contributed by atoms with Crippen molar-refractivity contribution < 1.29 is 18.0 Å². The van der Waals surface area contributed by atoms with Gasteiger partial charge in [0.1, 0.15) is 0 Å². The van der Waals surface area contributed by atoms with E-state index in [9.17, 15) is 18.0 Å². The maximum atomic E-state index is 13.8. The molecule has 0 fully saturated rings.